The summed E-state index contributed by atoms with van der Waals surface area (Å²) in [6, 6.07) is 2.79. The van der Waals surface area contributed by atoms with E-state index in [2.05, 4.69) is 15.0 Å². The highest BCUT2D eigenvalue weighted by atomic mass is 32.2. The molecular formula is C9H14N4O4S. The lowest BCUT2D eigenvalue weighted by Crippen LogP contribution is -2.30. The Bertz CT molecular complexity index is 517. The molecule has 18 heavy (non-hydrogen) atoms. The van der Waals surface area contributed by atoms with Crippen LogP contribution >= 0.6 is 0 Å². The molecular weight excluding hydrogens is 260 g/mol. The van der Waals surface area contributed by atoms with Crippen molar-refractivity contribution in [3.05, 3.63) is 28.4 Å². The second-order valence-electron chi connectivity index (χ2n) is 3.35. The van der Waals surface area contributed by atoms with Crippen LogP contribution in [0.4, 0.5) is 11.5 Å². The highest BCUT2D eigenvalue weighted by Gasteiger charge is 2.13. The van der Waals surface area contributed by atoms with Crippen LogP contribution in [0.3, 0.4) is 0 Å². The van der Waals surface area contributed by atoms with E-state index in [9.17, 15) is 18.5 Å². The van der Waals surface area contributed by atoms with Crippen molar-refractivity contribution in [3.8, 4) is 0 Å². The highest BCUT2D eigenvalue weighted by molar-refractivity contribution is 7.89. The summed E-state index contributed by atoms with van der Waals surface area (Å²) in [6.07, 6.45) is 1.42. The Morgan fingerprint density at radius 1 is 1.44 bits per heavy atom. The zero-order valence-electron chi connectivity index (χ0n) is 9.79. The lowest BCUT2D eigenvalue weighted by Gasteiger charge is -2.06. The molecule has 0 bridgehead atoms. The summed E-state index contributed by atoms with van der Waals surface area (Å²) in [4.78, 5) is 13.9. The molecule has 1 aromatic rings. The van der Waals surface area contributed by atoms with Crippen molar-refractivity contribution in [1.29, 1.82) is 0 Å². The maximum absolute atomic E-state index is 11.1. The molecule has 1 aromatic heterocycles. The van der Waals surface area contributed by atoms with Crippen molar-refractivity contribution in [1.82, 2.24) is 9.71 Å². The number of nitrogens with zero attached hydrogens (tertiary/aromatic N) is 2. The minimum atomic E-state index is -3.24. The summed E-state index contributed by atoms with van der Waals surface area (Å²) in [7, 11) is -3.24. The van der Waals surface area contributed by atoms with Gasteiger partial charge < -0.3 is 5.32 Å². The van der Waals surface area contributed by atoms with E-state index in [1.54, 1.807) is 0 Å². The summed E-state index contributed by atoms with van der Waals surface area (Å²) in [5.74, 6) is 0.120. The minimum absolute atomic E-state index is 0.00324. The van der Waals surface area contributed by atoms with Crippen LogP contribution in [0.15, 0.2) is 18.3 Å². The van der Waals surface area contributed by atoms with Gasteiger partial charge in [-0.1, -0.05) is 0 Å². The van der Waals surface area contributed by atoms with E-state index in [-0.39, 0.29) is 30.3 Å². The van der Waals surface area contributed by atoms with Gasteiger partial charge >= 0.3 is 5.69 Å². The normalized spacial score (nSPS) is 11.2. The fourth-order valence-electron chi connectivity index (χ4n) is 1.17. The van der Waals surface area contributed by atoms with E-state index in [4.69, 9.17) is 0 Å². The monoisotopic (exact) mass is 274 g/mol. The zero-order valence-corrected chi connectivity index (χ0v) is 10.6. The number of pyridine rings is 1. The lowest BCUT2D eigenvalue weighted by molar-refractivity contribution is -0.384. The van der Waals surface area contributed by atoms with Gasteiger partial charge in [0.15, 0.2) is 0 Å². The molecule has 0 aliphatic rings. The third-order valence-electron chi connectivity index (χ3n) is 2.10. The quantitative estimate of drug-likeness (QED) is 0.421. The van der Waals surface area contributed by atoms with E-state index in [1.165, 1.54) is 25.3 Å². The van der Waals surface area contributed by atoms with Gasteiger partial charge in [-0.3, -0.25) is 10.1 Å². The van der Waals surface area contributed by atoms with Gasteiger partial charge in [0.2, 0.25) is 15.8 Å². The lowest BCUT2D eigenvalue weighted by atomic mass is 10.4. The number of sulfonamides is 1. The molecule has 0 aliphatic heterocycles. The molecule has 0 saturated heterocycles. The first-order valence-corrected chi connectivity index (χ1v) is 6.92. The van der Waals surface area contributed by atoms with Crippen molar-refractivity contribution in [3.63, 3.8) is 0 Å². The number of hydrogen-bond acceptors (Lipinski definition) is 6. The molecule has 8 nitrogen and oxygen atoms in total. The number of rotatable bonds is 7. The fraction of sp³-hybridized carbons (Fsp3) is 0.444. The predicted octanol–water partition coefficient (Wildman–Crippen LogP) is 0.341. The van der Waals surface area contributed by atoms with E-state index in [0.717, 1.165) is 0 Å². The number of hydrogen-bond donors (Lipinski definition) is 2. The maximum atomic E-state index is 11.1. The van der Waals surface area contributed by atoms with Gasteiger partial charge in [0, 0.05) is 25.4 Å². The van der Waals surface area contributed by atoms with Crippen LogP contribution in [0.1, 0.15) is 6.92 Å². The Morgan fingerprint density at radius 3 is 2.78 bits per heavy atom. The molecule has 0 atom stereocenters. The Hall–Kier alpha value is -1.74. The van der Waals surface area contributed by atoms with Crippen molar-refractivity contribution >= 4 is 21.5 Å². The highest BCUT2D eigenvalue weighted by Crippen LogP contribution is 2.19. The zero-order chi connectivity index (χ0) is 13.6. The molecule has 0 fully saturated rings. The third kappa shape index (κ3) is 4.26. The molecule has 1 heterocycles. The number of aromatic nitrogens is 1. The van der Waals surface area contributed by atoms with Crippen LogP contribution in [0.5, 0.6) is 0 Å². The van der Waals surface area contributed by atoms with E-state index < -0.39 is 14.9 Å². The first-order chi connectivity index (χ1) is 8.46. The standard InChI is InChI=1S/C9H14N4O4S/c1-2-18(16,17)12-7-6-11-9-8(13(14)15)4-3-5-10-9/h3-5,12H,2,6-7H2,1H3,(H,10,11). The first-order valence-electron chi connectivity index (χ1n) is 5.27. The maximum Gasteiger partial charge on any atom is 0.311 e. The van der Waals surface area contributed by atoms with Gasteiger partial charge in [-0.25, -0.2) is 18.1 Å². The van der Waals surface area contributed by atoms with Crippen LogP contribution in [-0.4, -0.2) is 37.2 Å². The summed E-state index contributed by atoms with van der Waals surface area (Å²) < 4.78 is 24.6. The van der Waals surface area contributed by atoms with Gasteiger partial charge in [-0.05, 0) is 13.0 Å². The molecule has 0 unspecified atom stereocenters. The van der Waals surface area contributed by atoms with E-state index in [1.807, 2.05) is 0 Å². The molecule has 2 N–H and O–H groups in total. The molecule has 0 aromatic carbocycles. The second-order valence-corrected chi connectivity index (χ2v) is 5.45. The Kier molecular flexibility index (Phi) is 4.98. The van der Waals surface area contributed by atoms with Gasteiger partial charge in [0.05, 0.1) is 10.7 Å². The van der Waals surface area contributed by atoms with Crippen molar-refractivity contribution in [2.45, 2.75) is 6.92 Å². The van der Waals surface area contributed by atoms with Gasteiger partial charge in [0.25, 0.3) is 0 Å². The summed E-state index contributed by atoms with van der Waals surface area (Å²) >= 11 is 0. The molecule has 1 rings (SSSR count). The van der Waals surface area contributed by atoms with Gasteiger partial charge in [0.1, 0.15) is 0 Å². The van der Waals surface area contributed by atoms with Crippen LogP contribution in [0.25, 0.3) is 0 Å². The molecule has 0 saturated carbocycles. The van der Waals surface area contributed by atoms with Crippen LogP contribution in [0.2, 0.25) is 0 Å². The Balaban J connectivity index is 2.52. The van der Waals surface area contributed by atoms with Crippen molar-refractivity contribution in [2.75, 3.05) is 24.2 Å². The first kappa shape index (κ1) is 14.3. The number of nitrogens with one attached hydrogen (secondary N) is 2. The topological polar surface area (TPSA) is 114 Å². The third-order valence-corrected chi connectivity index (χ3v) is 3.51. The SMILES string of the molecule is CCS(=O)(=O)NCCNc1ncccc1[N+](=O)[O-]. The largest absolute Gasteiger partial charge is 0.363 e. The van der Waals surface area contributed by atoms with Crippen molar-refractivity contribution < 1.29 is 13.3 Å². The Morgan fingerprint density at radius 2 is 2.17 bits per heavy atom. The van der Waals surface area contributed by atoms with E-state index in [0.29, 0.717) is 0 Å². The average molecular weight is 274 g/mol. The fourth-order valence-corrected chi connectivity index (χ4v) is 1.79. The molecule has 0 radical (unpaired) electrons. The molecule has 9 heteroatoms. The van der Waals surface area contributed by atoms with E-state index >= 15 is 0 Å². The van der Waals surface area contributed by atoms with Gasteiger partial charge in [-0.15, -0.1) is 0 Å². The average Bonchev–Trinajstić information content (AvgIpc) is 2.35. The molecule has 0 spiro atoms. The second kappa shape index (κ2) is 6.26. The smallest absolute Gasteiger partial charge is 0.311 e. The summed E-state index contributed by atoms with van der Waals surface area (Å²) in [6.45, 7) is 1.89. The van der Waals surface area contributed by atoms with Crippen molar-refractivity contribution in [2.24, 2.45) is 0 Å². The predicted molar refractivity (Wildman–Crippen MR) is 66.8 cm³/mol. The molecule has 0 aliphatic carbocycles. The summed E-state index contributed by atoms with van der Waals surface area (Å²) in [5, 5.41) is 13.4. The molecule has 0 amide bonds. The minimum Gasteiger partial charge on any atom is -0.363 e. The van der Waals surface area contributed by atoms with Crippen LogP contribution < -0.4 is 10.0 Å². The molecule has 100 valence electrons. The number of anilines is 1. The number of nitro groups is 1. The van der Waals surface area contributed by atoms with Crippen LogP contribution in [0, 0.1) is 10.1 Å². The Labute approximate surface area is 105 Å². The summed E-state index contributed by atoms with van der Waals surface area (Å²) in [5.41, 5.74) is -0.143. The van der Waals surface area contributed by atoms with Crippen LogP contribution in [-0.2, 0) is 10.0 Å². The van der Waals surface area contributed by atoms with Gasteiger partial charge in [-0.2, -0.15) is 0 Å².